The lowest BCUT2D eigenvalue weighted by atomic mass is 9.52. The number of amides is 3. The third-order valence-corrected chi connectivity index (χ3v) is 7.99. The highest BCUT2D eigenvalue weighted by Gasteiger charge is 2.66. The summed E-state index contributed by atoms with van der Waals surface area (Å²) < 4.78 is 23.8. The summed E-state index contributed by atoms with van der Waals surface area (Å²) in [6.07, 6.45) is 2.46. The van der Waals surface area contributed by atoms with Gasteiger partial charge in [0.05, 0.1) is 23.3 Å². The molecule has 1 aromatic rings. The third kappa shape index (κ3) is 8.09. The number of nitrogens with zero attached hydrogens (tertiary/aromatic N) is 1. The molecule has 0 saturated carbocycles. The first-order chi connectivity index (χ1) is 20.5. The second-order valence-electron chi connectivity index (χ2n) is 14.8. The molecular weight excluding hydrogens is 577 g/mol. The van der Waals surface area contributed by atoms with E-state index in [0.717, 1.165) is 11.1 Å². The average Bonchev–Trinajstić information content (AvgIpc) is 3.09. The molecule has 3 rings (SSSR count). The zero-order chi connectivity index (χ0) is 34.2. The van der Waals surface area contributed by atoms with Gasteiger partial charge < -0.3 is 29.2 Å². The second kappa shape index (κ2) is 12.8. The fourth-order valence-corrected chi connectivity index (χ4v) is 4.98. The van der Waals surface area contributed by atoms with Crippen LogP contribution in [0, 0.1) is 13.8 Å². The maximum atomic E-state index is 14.5. The van der Waals surface area contributed by atoms with Gasteiger partial charge in [-0.3, -0.25) is 15.0 Å². The van der Waals surface area contributed by atoms with E-state index >= 15 is 0 Å². The van der Waals surface area contributed by atoms with Gasteiger partial charge in [-0.25, -0.2) is 9.80 Å². The van der Waals surface area contributed by atoms with Gasteiger partial charge in [0.25, 0.3) is 5.91 Å². The molecule has 1 saturated heterocycles. The number of hydrogen-bond acceptors (Lipinski definition) is 8. The molecule has 45 heavy (non-hydrogen) atoms. The third-order valence-electron chi connectivity index (χ3n) is 7.99. The van der Waals surface area contributed by atoms with E-state index in [1.807, 2.05) is 47.6 Å². The molecule has 12 heteroatoms. The van der Waals surface area contributed by atoms with E-state index in [4.69, 9.17) is 18.8 Å². The van der Waals surface area contributed by atoms with Gasteiger partial charge in [-0.2, -0.15) is 0 Å². The van der Waals surface area contributed by atoms with Crippen molar-refractivity contribution in [3.63, 3.8) is 0 Å². The summed E-state index contributed by atoms with van der Waals surface area (Å²) in [7, 11) is -1.25. The number of hydrazine groups is 1. The van der Waals surface area contributed by atoms with Gasteiger partial charge in [-0.05, 0) is 101 Å². The zero-order valence-electron chi connectivity index (χ0n) is 28.8. The van der Waals surface area contributed by atoms with Crippen molar-refractivity contribution < 1.29 is 38.3 Å². The smallest absolute Gasteiger partial charge is 0.481 e. The molecule has 248 valence electrons. The van der Waals surface area contributed by atoms with Crippen molar-refractivity contribution in [3.05, 3.63) is 58.9 Å². The molecule has 0 spiro atoms. The predicted octanol–water partition coefficient (Wildman–Crippen LogP) is 4.76. The number of rotatable bonds is 7. The van der Waals surface area contributed by atoms with E-state index in [2.05, 4.69) is 10.7 Å². The summed E-state index contributed by atoms with van der Waals surface area (Å²) in [4.78, 5) is 40.5. The molecule has 0 aromatic heterocycles. The highest BCUT2D eigenvalue weighted by atomic mass is 16.7. The lowest BCUT2D eigenvalue weighted by molar-refractivity contribution is -0.132. The Morgan fingerprint density at radius 3 is 2.04 bits per heavy atom. The van der Waals surface area contributed by atoms with Gasteiger partial charge in [-0.15, -0.1) is 0 Å². The summed E-state index contributed by atoms with van der Waals surface area (Å²) in [6, 6.07) is 5.49. The Morgan fingerprint density at radius 2 is 1.53 bits per heavy atom. The number of alkyl carbamates (subject to hydrolysis) is 1. The Balaban J connectivity index is 1.94. The first-order valence-corrected chi connectivity index (χ1v) is 15.3. The average molecular weight is 628 g/mol. The van der Waals surface area contributed by atoms with Crippen LogP contribution in [0.2, 0.25) is 5.31 Å². The minimum Gasteiger partial charge on any atom is -0.493 e. The van der Waals surface area contributed by atoms with Gasteiger partial charge in [0.1, 0.15) is 29.4 Å². The van der Waals surface area contributed by atoms with Crippen LogP contribution < -0.4 is 10.7 Å². The number of benzene rings is 1. The minimum absolute atomic E-state index is 0.0175. The largest absolute Gasteiger partial charge is 0.493 e. The van der Waals surface area contributed by atoms with Crippen LogP contribution in [-0.2, 0) is 23.6 Å². The zero-order valence-corrected chi connectivity index (χ0v) is 28.8. The van der Waals surface area contributed by atoms with Crippen LogP contribution in [0.15, 0.2) is 42.2 Å². The van der Waals surface area contributed by atoms with Crippen molar-refractivity contribution in [1.29, 1.82) is 0 Å². The van der Waals surface area contributed by atoms with Crippen LogP contribution >= 0.6 is 0 Å². The SMILES string of the molecule is Cc1cc(C)cc(C(=O)N(NC(=O)C2(B3OC(C)(C)C(C)(C)O3)C=CC=C(OCCNC(=O)OC(C)(C)C)C2O)C(C)(C)C)c1. The summed E-state index contributed by atoms with van der Waals surface area (Å²) >= 11 is 0. The van der Waals surface area contributed by atoms with Gasteiger partial charge >= 0.3 is 13.2 Å². The maximum absolute atomic E-state index is 14.5. The maximum Gasteiger partial charge on any atom is 0.481 e. The summed E-state index contributed by atoms with van der Waals surface area (Å²) in [5.41, 5.74) is 1.85. The molecule has 0 radical (unpaired) electrons. The number of carbonyl (C=O) groups excluding carboxylic acids is 3. The first kappa shape index (κ1) is 36.1. The van der Waals surface area contributed by atoms with E-state index in [-0.39, 0.29) is 18.9 Å². The minimum atomic E-state index is -1.86. The highest BCUT2D eigenvalue weighted by molar-refractivity contribution is 6.57. The summed E-state index contributed by atoms with van der Waals surface area (Å²) in [5, 5.41) is 13.9. The summed E-state index contributed by atoms with van der Waals surface area (Å²) in [6.45, 7) is 21.9. The number of hydrogen-bond donors (Lipinski definition) is 3. The van der Waals surface area contributed by atoms with Gasteiger partial charge in [0, 0.05) is 5.56 Å². The molecule has 3 N–H and O–H groups in total. The number of ether oxygens (including phenoxy) is 2. The van der Waals surface area contributed by atoms with E-state index in [0.29, 0.717) is 5.56 Å². The Bertz CT molecular complexity index is 1320. The first-order valence-electron chi connectivity index (χ1n) is 15.3. The van der Waals surface area contributed by atoms with Gasteiger partial charge in [0.15, 0.2) is 0 Å². The number of nitrogens with one attached hydrogen (secondary N) is 2. The van der Waals surface area contributed by atoms with E-state index < -0.39 is 58.8 Å². The highest BCUT2D eigenvalue weighted by Crippen LogP contribution is 2.51. The van der Waals surface area contributed by atoms with Crippen LogP contribution in [0.4, 0.5) is 4.79 Å². The number of aliphatic hydroxyl groups excluding tert-OH is 1. The molecule has 1 aliphatic carbocycles. The number of aryl methyl sites for hydroxylation is 2. The second-order valence-corrected chi connectivity index (χ2v) is 14.8. The topological polar surface area (TPSA) is 136 Å². The lowest BCUT2D eigenvalue weighted by Crippen LogP contribution is -2.62. The molecule has 1 aliphatic heterocycles. The van der Waals surface area contributed by atoms with Gasteiger partial charge in [0.2, 0.25) is 5.91 Å². The molecule has 2 aliphatic rings. The normalized spacial score (nSPS) is 22.4. The quantitative estimate of drug-likeness (QED) is 0.224. The number of allylic oxidation sites excluding steroid dienone is 2. The predicted molar refractivity (Wildman–Crippen MR) is 172 cm³/mol. The molecule has 0 bridgehead atoms. The molecule has 1 aromatic carbocycles. The fraction of sp³-hybridized carbons (Fsp3) is 0.606. The molecule has 2 unspecified atom stereocenters. The van der Waals surface area contributed by atoms with Crippen molar-refractivity contribution in [2.24, 2.45) is 0 Å². The van der Waals surface area contributed by atoms with Crippen LogP contribution in [0.25, 0.3) is 0 Å². The van der Waals surface area contributed by atoms with Crippen molar-refractivity contribution in [1.82, 2.24) is 15.8 Å². The molecule has 1 fully saturated rings. The van der Waals surface area contributed by atoms with Crippen LogP contribution in [0.5, 0.6) is 0 Å². The van der Waals surface area contributed by atoms with Gasteiger partial charge in [-0.1, -0.05) is 29.3 Å². The Hall–Kier alpha value is -3.35. The van der Waals surface area contributed by atoms with E-state index in [1.54, 1.807) is 59.8 Å². The van der Waals surface area contributed by atoms with Crippen LogP contribution in [0.3, 0.4) is 0 Å². The Labute approximate surface area is 267 Å². The molecule has 3 amide bonds. The molecular formula is C33H50BN3O8. The van der Waals surface area contributed by atoms with Crippen LogP contribution in [0.1, 0.15) is 90.7 Å². The monoisotopic (exact) mass is 627 g/mol. The standard InChI is InChI=1S/C33H50BN3O8/c1-21-18-22(2)20-23(19-21)26(39)37(29(3,4)5)36-27(40)33(34-44-31(9,10)32(11,12)45-34)15-13-14-24(25(33)38)42-17-16-35-28(41)43-30(6,7)8/h13-15,18-20,25,38H,16-17H2,1-12H3,(H,35,41)(H,36,40). The number of carbonyl (C=O) groups is 3. The van der Waals surface area contributed by atoms with Crippen molar-refractivity contribution in [2.75, 3.05) is 13.2 Å². The van der Waals surface area contributed by atoms with Crippen molar-refractivity contribution in [3.8, 4) is 0 Å². The van der Waals surface area contributed by atoms with Crippen molar-refractivity contribution >= 4 is 25.0 Å². The summed E-state index contributed by atoms with van der Waals surface area (Å²) in [5.74, 6) is -1.07. The Kier molecular flexibility index (Phi) is 10.3. The molecule has 2 atom stereocenters. The molecule has 1 heterocycles. The van der Waals surface area contributed by atoms with E-state index in [9.17, 15) is 19.5 Å². The van der Waals surface area contributed by atoms with E-state index in [1.165, 1.54) is 17.2 Å². The molecule has 11 nitrogen and oxygen atoms in total. The fourth-order valence-electron chi connectivity index (χ4n) is 4.98. The van der Waals surface area contributed by atoms with Crippen LogP contribution in [-0.4, -0.2) is 76.7 Å². The lowest BCUT2D eigenvalue weighted by Gasteiger charge is -2.42. The number of aliphatic hydroxyl groups is 1. The van der Waals surface area contributed by atoms with Crippen molar-refractivity contribution in [2.45, 2.75) is 117 Å². The Morgan fingerprint density at radius 1 is 0.978 bits per heavy atom.